The van der Waals surface area contributed by atoms with E-state index in [4.69, 9.17) is 11.6 Å². The highest BCUT2D eigenvalue weighted by Crippen LogP contribution is 2.32. The minimum absolute atomic E-state index is 0.139. The summed E-state index contributed by atoms with van der Waals surface area (Å²) in [4.78, 5) is 17.9. The van der Waals surface area contributed by atoms with Crippen molar-refractivity contribution in [3.63, 3.8) is 0 Å². The highest BCUT2D eigenvalue weighted by atomic mass is 79.9. The lowest BCUT2D eigenvalue weighted by atomic mass is 10.2. The van der Waals surface area contributed by atoms with E-state index in [1.54, 1.807) is 12.1 Å². The molecule has 6 nitrogen and oxygen atoms in total. The molecule has 1 fully saturated rings. The van der Waals surface area contributed by atoms with Gasteiger partial charge in [-0.2, -0.15) is 9.30 Å². The summed E-state index contributed by atoms with van der Waals surface area (Å²) >= 11 is 11.8. The topological polar surface area (TPSA) is 71.7 Å². The summed E-state index contributed by atoms with van der Waals surface area (Å²) in [6.45, 7) is 4.57. The number of carbonyl (C=O) groups is 1. The highest BCUT2D eigenvalue weighted by Gasteiger charge is 2.40. The number of hydrogen-bond donors (Lipinski definition) is 0. The molecule has 0 radical (unpaired) electrons. The number of allylic oxidation sites excluding steroid dienone is 1. The molecule has 30 heavy (non-hydrogen) atoms. The first kappa shape index (κ1) is 21.9. The first-order valence-corrected chi connectivity index (χ1v) is 13.3. The lowest BCUT2D eigenvalue weighted by molar-refractivity contribution is -0.121. The number of thiazole rings is 1. The van der Waals surface area contributed by atoms with Crippen LogP contribution in [0.5, 0.6) is 0 Å². The van der Waals surface area contributed by atoms with E-state index in [0.29, 0.717) is 28.5 Å². The Morgan fingerprint density at radius 3 is 2.83 bits per heavy atom. The van der Waals surface area contributed by atoms with E-state index in [-0.39, 0.29) is 10.8 Å². The van der Waals surface area contributed by atoms with E-state index >= 15 is 0 Å². The Hall–Kier alpha value is -1.30. The fourth-order valence-corrected chi connectivity index (χ4v) is 8.29. The second kappa shape index (κ2) is 8.68. The van der Waals surface area contributed by atoms with Crippen molar-refractivity contribution < 1.29 is 13.2 Å². The van der Waals surface area contributed by atoms with Crippen molar-refractivity contribution in [1.29, 1.82) is 0 Å². The summed E-state index contributed by atoms with van der Waals surface area (Å²) < 4.78 is 31.6. The number of nitrogens with zero attached hydrogens (tertiary/aromatic N) is 3. The predicted octanol–water partition coefficient (Wildman–Crippen LogP) is 4.65. The van der Waals surface area contributed by atoms with Gasteiger partial charge in [-0.25, -0.2) is 8.42 Å². The molecule has 1 aromatic carbocycles. The van der Waals surface area contributed by atoms with Gasteiger partial charge in [-0.05, 0) is 43.2 Å². The molecular weight excluding hydrogens is 530 g/mol. The Kier molecular flexibility index (Phi) is 6.34. The Balaban J connectivity index is 1.73. The standard InChI is InChI=1S/C19H17BrClN3O3S3/c1-2-9-23-13-6-5-12(20)11-15(13)28-19(23)22-18(25)14-4-3-10-24(14)30(26,27)17-8-7-16(21)29-17/h2,5-8,11,14H,1,3-4,9-10H2. The fraction of sp³-hybridized carbons (Fsp3) is 0.263. The van der Waals surface area contributed by atoms with Crippen LogP contribution in [0, 0.1) is 0 Å². The normalized spacial score (nSPS) is 18.3. The average molecular weight is 547 g/mol. The number of carbonyl (C=O) groups excluding carboxylic acids is 1. The molecule has 1 saturated heterocycles. The van der Waals surface area contributed by atoms with E-state index in [1.165, 1.54) is 21.7 Å². The second-order valence-corrected chi connectivity index (χ2v) is 12.4. The van der Waals surface area contributed by atoms with Crippen LogP contribution in [0.3, 0.4) is 0 Å². The molecule has 1 amide bonds. The van der Waals surface area contributed by atoms with Crippen LogP contribution in [0.2, 0.25) is 4.34 Å². The number of aromatic nitrogens is 1. The Morgan fingerprint density at radius 1 is 1.33 bits per heavy atom. The van der Waals surface area contributed by atoms with E-state index < -0.39 is 22.0 Å². The summed E-state index contributed by atoms with van der Waals surface area (Å²) in [5.41, 5.74) is 0.943. The van der Waals surface area contributed by atoms with Crippen LogP contribution in [0.1, 0.15) is 12.8 Å². The molecule has 0 bridgehead atoms. The molecule has 0 aliphatic carbocycles. The fourth-order valence-electron chi connectivity index (χ4n) is 3.43. The molecule has 158 valence electrons. The number of sulfonamides is 1. The zero-order valence-electron chi connectivity index (χ0n) is 15.6. The molecule has 3 aromatic rings. The van der Waals surface area contributed by atoms with Gasteiger partial charge < -0.3 is 4.57 Å². The lowest BCUT2D eigenvalue weighted by Gasteiger charge is -2.20. The van der Waals surface area contributed by atoms with Gasteiger partial charge in [-0.3, -0.25) is 4.79 Å². The van der Waals surface area contributed by atoms with Gasteiger partial charge in [-0.1, -0.05) is 44.9 Å². The van der Waals surface area contributed by atoms with Gasteiger partial charge in [0.25, 0.3) is 15.9 Å². The molecule has 1 aliphatic rings. The number of hydrogen-bond acceptors (Lipinski definition) is 5. The molecule has 1 aliphatic heterocycles. The second-order valence-electron chi connectivity index (χ2n) is 6.68. The number of benzene rings is 1. The summed E-state index contributed by atoms with van der Waals surface area (Å²) in [7, 11) is -3.79. The third kappa shape index (κ3) is 4.09. The molecule has 0 spiro atoms. The summed E-state index contributed by atoms with van der Waals surface area (Å²) in [6, 6.07) is 8.05. The van der Waals surface area contributed by atoms with Crippen molar-refractivity contribution in [2.24, 2.45) is 4.99 Å². The van der Waals surface area contributed by atoms with Gasteiger partial charge in [0, 0.05) is 17.6 Å². The van der Waals surface area contributed by atoms with Crippen molar-refractivity contribution in [3.05, 3.63) is 56.6 Å². The average Bonchev–Trinajstić information content (AvgIpc) is 3.41. The maximum atomic E-state index is 13.1. The minimum atomic E-state index is -3.79. The van der Waals surface area contributed by atoms with Crippen molar-refractivity contribution in [1.82, 2.24) is 8.87 Å². The number of fused-ring (bicyclic) bond motifs is 1. The Morgan fingerprint density at radius 2 is 2.13 bits per heavy atom. The predicted molar refractivity (Wildman–Crippen MR) is 125 cm³/mol. The molecule has 0 saturated carbocycles. The van der Waals surface area contributed by atoms with E-state index in [0.717, 1.165) is 26.0 Å². The first-order valence-electron chi connectivity index (χ1n) is 9.07. The minimum Gasteiger partial charge on any atom is -0.313 e. The van der Waals surface area contributed by atoms with Gasteiger partial charge in [0.05, 0.1) is 14.6 Å². The van der Waals surface area contributed by atoms with E-state index in [1.807, 2.05) is 22.8 Å². The molecule has 1 atom stereocenters. The molecule has 4 rings (SSSR count). The summed E-state index contributed by atoms with van der Waals surface area (Å²) in [5.74, 6) is -0.456. The third-order valence-corrected chi connectivity index (χ3v) is 9.90. The zero-order valence-corrected chi connectivity index (χ0v) is 20.4. The van der Waals surface area contributed by atoms with Crippen LogP contribution >= 0.6 is 50.2 Å². The summed E-state index contributed by atoms with van der Waals surface area (Å²) in [5, 5.41) is 0. The van der Waals surface area contributed by atoms with Crippen LogP contribution in [-0.4, -0.2) is 35.8 Å². The molecule has 2 aromatic heterocycles. The first-order chi connectivity index (χ1) is 14.3. The quantitative estimate of drug-likeness (QED) is 0.438. The number of amides is 1. The maximum Gasteiger partial charge on any atom is 0.266 e. The molecule has 11 heteroatoms. The Bertz CT molecular complexity index is 1310. The molecular formula is C19H17BrClN3O3S3. The van der Waals surface area contributed by atoms with Crippen LogP contribution in [0.15, 0.2) is 56.7 Å². The van der Waals surface area contributed by atoms with E-state index in [2.05, 4.69) is 27.5 Å². The summed E-state index contributed by atoms with van der Waals surface area (Å²) in [6.07, 6.45) is 2.79. The third-order valence-electron chi connectivity index (χ3n) is 4.76. The molecule has 0 N–H and O–H groups in total. The van der Waals surface area contributed by atoms with Gasteiger partial charge in [0.15, 0.2) is 4.80 Å². The van der Waals surface area contributed by atoms with Crippen molar-refractivity contribution in [2.75, 3.05) is 6.54 Å². The maximum absolute atomic E-state index is 13.1. The van der Waals surface area contributed by atoms with Crippen molar-refractivity contribution in [2.45, 2.75) is 29.6 Å². The number of halogens is 2. The SMILES string of the molecule is C=CCn1c(=NC(=O)C2CCCN2S(=O)(=O)c2ccc(Cl)s2)sc2cc(Br)ccc21. The van der Waals surface area contributed by atoms with Gasteiger partial charge in [-0.15, -0.1) is 17.9 Å². The van der Waals surface area contributed by atoms with Crippen LogP contribution in [0.4, 0.5) is 0 Å². The monoisotopic (exact) mass is 545 g/mol. The van der Waals surface area contributed by atoms with Crippen LogP contribution < -0.4 is 4.80 Å². The highest BCUT2D eigenvalue weighted by molar-refractivity contribution is 9.10. The largest absolute Gasteiger partial charge is 0.313 e. The van der Waals surface area contributed by atoms with Crippen molar-refractivity contribution in [3.8, 4) is 0 Å². The Labute approximate surface area is 195 Å². The smallest absolute Gasteiger partial charge is 0.266 e. The van der Waals surface area contributed by atoms with Gasteiger partial charge in [0.1, 0.15) is 10.3 Å². The van der Waals surface area contributed by atoms with Gasteiger partial charge in [0.2, 0.25) is 0 Å². The molecule has 3 heterocycles. The van der Waals surface area contributed by atoms with Crippen molar-refractivity contribution >= 4 is 76.4 Å². The number of rotatable bonds is 5. The van der Waals surface area contributed by atoms with Crippen LogP contribution in [-0.2, 0) is 21.4 Å². The molecule has 1 unspecified atom stereocenters. The lowest BCUT2D eigenvalue weighted by Crippen LogP contribution is -2.40. The zero-order chi connectivity index (χ0) is 21.5. The van der Waals surface area contributed by atoms with Gasteiger partial charge >= 0.3 is 0 Å². The van der Waals surface area contributed by atoms with Crippen LogP contribution in [0.25, 0.3) is 10.2 Å². The van der Waals surface area contributed by atoms with E-state index in [9.17, 15) is 13.2 Å². The number of thiophene rings is 1.